The highest BCUT2D eigenvalue weighted by Gasteiger charge is 2.34. The largest absolute Gasteiger partial charge is 0.457 e. The van der Waals surface area contributed by atoms with Crippen molar-refractivity contribution in [3.63, 3.8) is 0 Å². The van der Waals surface area contributed by atoms with Crippen molar-refractivity contribution >= 4 is 0 Å². The van der Waals surface area contributed by atoms with Gasteiger partial charge in [-0.1, -0.05) is 42.8 Å². The smallest absolute Gasteiger partial charge is 0.132 e. The van der Waals surface area contributed by atoms with E-state index in [0.29, 0.717) is 6.04 Å². The molecule has 0 bridgehead atoms. The number of likely N-dealkylation sites (tertiary alicyclic amines) is 1. The summed E-state index contributed by atoms with van der Waals surface area (Å²) in [5.74, 6) is 1.98. The van der Waals surface area contributed by atoms with Crippen LogP contribution < -0.4 is 10.1 Å². The number of ether oxygens (including phenoxy) is 1. The standard InChI is InChI=1S/C21H24N2O/c1-3-10-19-17(8-1)21(18-9-2-4-11-20(18)24-19)22-15-12-13-23(14-15)16-6-5-7-16/h1-4,8-11,15-16,21-22H,5-7,12-14H2. The van der Waals surface area contributed by atoms with Gasteiger partial charge in [0.15, 0.2) is 0 Å². The third-order valence-corrected chi connectivity index (χ3v) is 5.89. The third kappa shape index (κ3) is 2.43. The SMILES string of the molecule is c1ccc2c(c1)Oc1ccccc1C2NC1CCN(C2CCC2)C1. The molecular weight excluding hydrogens is 296 g/mol. The third-order valence-electron chi connectivity index (χ3n) is 5.89. The first-order valence-electron chi connectivity index (χ1n) is 9.24. The lowest BCUT2D eigenvalue weighted by Gasteiger charge is -2.35. The van der Waals surface area contributed by atoms with Crippen molar-refractivity contribution in [2.75, 3.05) is 13.1 Å². The van der Waals surface area contributed by atoms with Gasteiger partial charge in [-0.3, -0.25) is 4.90 Å². The molecule has 2 fully saturated rings. The summed E-state index contributed by atoms with van der Waals surface area (Å²) in [6.07, 6.45) is 5.46. The molecule has 5 rings (SSSR count). The Morgan fingerprint density at radius 2 is 1.54 bits per heavy atom. The molecule has 0 amide bonds. The molecule has 2 aliphatic heterocycles. The lowest BCUT2D eigenvalue weighted by atomic mass is 9.92. The number of fused-ring (bicyclic) bond motifs is 2. The molecule has 2 aromatic rings. The van der Waals surface area contributed by atoms with Crippen molar-refractivity contribution in [2.24, 2.45) is 0 Å². The van der Waals surface area contributed by atoms with Gasteiger partial charge in [0.1, 0.15) is 11.5 Å². The highest BCUT2D eigenvalue weighted by molar-refractivity contribution is 5.52. The van der Waals surface area contributed by atoms with Crippen molar-refractivity contribution in [3.05, 3.63) is 59.7 Å². The van der Waals surface area contributed by atoms with Crippen LogP contribution in [0.4, 0.5) is 0 Å². The van der Waals surface area contributed by atoms with E-state index in [1.54, 1.807) is 0 Å². The van der Waals surface area contributed by atoms with Crippen molar-refractivity contribution in [2.45, 2.75) is 43.8 Å². The van der Waals surface area contributed by atoms with Crippen LogP contribution >= 0.6 is 0 Å². The van der Waals surface area contributed by atoms with Gasteiger partial charge in [0.05, 0.1) is 6.04 Å². The molecule has 3 nitrogen and oxygen atoms in total. The number of nitrogens with zero attached hydrogens (tertiary/aromatic N) is 1. The molecule has 1 saturated carbocycles. The van der Waals surface area contributed by atoms with E-state index in [9.17, 15) is 0 Å². The summed E-state index contributed by atoms with van der Waals surface area (Å²) in [5, 5.41) is 3.94. The predicted molar refractivity (Wildman–Crippen MR) is 95.6 cm³/mol. The van der Waals surface area contributed by atoms with Gasteiger partial charge in [0.2, 0.25) is 0 Å². The molecule has 24 heavy (non-hydrogen) atoms. The number of nitrogens with one attached hydrogen (secondary N) is 1. The van der Waals surface area contributed by atoms with Crippen molar-refractivity contribution in [1.82, 2.24) is 10.2 Å². The Morgan fingerprint density at radius 1 is 0.875 bits per heavy atom. The van der Waals surface area contributed by atoms with Crippen LogP contribution in [0, 0.1) is 0 Å². The lowest BCUT2D eigenvalue weighted by Crippen LogP contribution is -2.42. The highest BCUT2D eigenvalue weighted by Crippen LogP contribution is 2.43. The molecule has 2 aromatic carbocycles. The second-order valence-electron chi connectivity index (χ2n) is 7.34. The van der Waals surface area contributed by atoms with Crippen LogP contribution in [0.3, 0.4) is 0 Å². The van der Waals surface area contributed by atoms with E-state index < -0.39 is 0 Å². The van der Waals surface area contributed by atoms with Gasteiger partial charge in [-0.2, -0.15) is 0 Å². The van der Waals surface area contributed by atoms with Crippen LogP contribution in [-0.2, 0) is 0 Å². The maximum atomic E-state index is 6.11. The minimum Gasteiger partial charge on any atom is -0.457 e. The summed E-state index contributed by atoms with van der Waals surface area (Å²) in [5.41, 5.74) is 2.52. The van der Waals surface area contributed by atoms with Crippen molar-refractivity contribution in [1.29, 1.82) is 0 Å². The fourth-order valence-corrected chi connectivity index (χ4v) is 4.33. The Balaban J connectivity index is 1.41. The molecule has 0 spiro atoms. The first-order chi connectivity index (χ1) is 11.9. The number of hydrogen-bond acceptors (Lipinski definition) is 3. The molecule has 3 aliphatic rings. The van der Waals surface area contributed by atoms with E-state index in [2.05, 4.69) is 58.7 Å². The van der Waals surface area contributed by atoms with E-state index >= 15 is 0 Å². The Hall–Kier alpha value is -1.84. The molecular formula is C21H24N2O. The summed E-state index contributed by atoms with van der Waals surface area (Å²) in [6.45, 7) is 2.43. The molecule has 1 N–H and O–H groups in total. The van der Waals surface area contributed by atoms with Crippen molar-refractivity contribution < 1.29 is 4.74 Å². The quantitative estimate of drug-likeness (QED) is 0.921. The number of rotatable bonds is 3. The topological polar surface area (TPSA) is 24.5 Å². The number of benzene rings is 2. The van der Waals surface area contributed by atoms with Gasteiger partial charge in [0, 0.05) is 36.3 Å². The van der Waals surface area contributed by atoms with E-state index in [0.717, 1.165) is 17.5 Å². The summed E-state index contributed by atoms with van der Waals surface area (Å²) >= 11 is 0. The van der Waals surface area contributed by atoms with Gasteiger partial charge in [-0.05, 0) is 31.4 Å². The van der Waals surface area contributed by atoms with Crippen LogP contribution in [0.5, 0.6) is 11.5 Å². The highest BCUT2D eigenvalue weighted by atomic mass is 16.5. The first-order valence-corrected chi connectivity index (χ1v) is 9.24. The monoisotopic (exact) mass is 320 g/mol. The Labute approximate surface area is 143 Å². The fraction of sp³-hybridized carbons (Fsp3) is 0.429. The summed E-state index contributed by atoms with van der Waals surface area (Å²) in [7, 11) is 0. The normalized spacial score (nSPS) is 24.1. The second-order valence-corrected chi connectivity index (χ2v) is 7.34. The zero-order valence-electron chi connectivity index (χ0n) is 13.9. The second kappa shape index (κ2) is 5.91. The molecule has 1 atom stereocenters. The molecule has 0 aromatic heterocycles. The fourth-order valence-electron chi connectivity index (χ4n) is 4.33. The Kier molecular flexibility index (Phi) is 3.57. The zero-order chi connectivity index (χ0) is 15.9. The first kappa shape index (κ1) is 14.5. The van der Waals surface area contributed by atoms with Crippen LogP contribution in [0.15, 0.2) is 48.5 Å². The average molecular weight is 320 g/mol. The molecule has 1 saturated heterocycles. The van der Waals surface area contributed by atoms with Crippen LogP contribution in [0.1, 0.15) is 42.9 Å². The number of para-hydroxylation sites is 2. The number of hydrogen-bond donors (Lipinski definition) is 1. The lowest BCUT2D eigenvalue weighted by molar-refractivity contribution is 0.155. The Morgan fingerprint density at radius 3 is 2.17 bits per heavy atom. The maximum absolute atomic E-state index is 6.11. The molecule has 0 radical (unpaired) electrons. The maximum Gasteiger partial charge on any atom is 0.132 e. The average Bonchev–Trinajstić information content (AvgIpc) is 3.01. The van der Waals surface area contributed by atoms with E-state index in [1.165, 1.54) is 49.9 Å². The predicted octanol–water partition coefficient (Wildman–Crippen LogP) is 4.10. The van der Waals surface area contributed by atoms with Crippen LogP contribution in [0.2, 0.25) is 0 Å². The molecule has 3 heteroatoms. The molecule has 2 heterocycles. The van der Waals surface area contributed by atoms with E-state index in [4.69, 9.17) is 4.74 Å². The zero-order valence-corrected chi connectivity index (χ0v) is 13.9. The molecule has 1 aliphatic carbocycles. The van der Waals surface area contributed by atoms with E-state index in [-0.39, 0.29) is 6.04 Å². The van der Waals surface area contributed by atoms with E-state index in [1.807, 2.05) is 0 Å². The molecule has 124 valence electrons. The van der Waals surface area contributed by atoms with Crippen LogP contribution in [0.25, 0.3) is 0 Å². The van der Waals surface area contributed by atoms with Gasteiger partial charge in [-0.15, -0.1) is 0 Å². The molecule has 1 unspecified atom stereocenters. The Bertz CT molecular complexity index is 695. The van der Waals surface area contributed by atoms with Gasteiger partial charge < -0.3 is 10.1 Å². The minimum absolute atomic E-state index is 0.234. The van der Waals surface area contributed by atoms with Gasteiger partial charge in [0.25, 0.3) is 0 Å². The summed E-state index contributed by atoms with van der Waals surface area (Å²) < 4.78 is 6.11. The summed E-state index contributed by atoms with van der Waals surface area (Å²) in [6, 6.07) is 18.5. The van der Waals surface area contributed by atoms with Gasteiger partial charge in [-0.25, -0.2) is 0 Å². The van der Waals surface area contributed by atoms with Crippen molar-refractivity contribution in [3.8, 4) is 11.5 Å². The van der Waals surface area contributed by atoms with Crippen LogP contribution in [-0.4, -0.2) is 30.1 Å². The minimum atomic E-state index is 0.234. The van der Waals surface area contributed by atoms with Gasteiger partial charge >= 0.3 is 0 Å². The summed E-state index contributed by atoms with van der Waals surface area (Å²) in [4.78, 5) is 2.69.